The fourth-order valence-corrected chi connectivity index (χ4v) is 0.382. The van der Waals surface area contributed by atoms with Crippen LogP contribution in [-0.4, -0.2) is 30.2 Å². The van der Waals surface area contributed by atoms with Crippen LogP contribution in [0.2, 0.25) is 0 Å². The standard InChI is InChI=1S/C5H12N2O2/c1-4(5(6)9)7-2-3-8/h4,7-8H,2-3H2,1H3,(H2,6,9). The minimum absolute atomic E-state index is 0.0254. The Kier molecular flexibility index (Phi) is 4.00. The first kappa shape index (κ1) is 8.39. The lowest BCUT2D eigenvalue weighted by Crippen LogP contribution is -2.39. The van der Waals surface area contributed by atoms with Crippen molar-refractivity contribution in [3.05, 3.63) is 0 Å². The van der Waals surface area contributed by atoms with E-state index in [0.717, 1.165) is 0 Å². The van der Waals surface area contributed by atoms with Crippen LogP contribution in [0.5, 0.6) is 0 Å². The molecular weight excluding hydrogens is 120 g/mol. The zero-order valence-electron chi connectivity index (χ0n) is 5.42. The molecule has 0 rings (SSSR count). The maximum Gasteiger partial charge on any atom is 0.234 e. The van der Waals surface area contributed by atoms with Gasteiger partial charge in [-0.15, -0.1) is 0 Å². The molecule has 0 saturated heterocycles. The number of nitrogens with one attached hydrogen (secondary N) is 1. The number of primary amides is 1. The molecule has 0 heterocycles. The molecule has 0 fully saturated rings. The summed E-state index contributed by atoms with van der Waals surface area (Å²) in [6.07, 6.45) is 0. The summed E-state index contributed by atoms with van der Waals surface area (Å²) in [5.41, 5.74) is 4.89. The van der Waals surface area contributed by atoms with Crippen molar-refractivity contribution >= 4 is 5.91 Å². The number of hydrogen-bond donors (Lipinski definition) is 3. The highest BCUT2D eigenvalue weighted by molar-refractivity contribution is 5.79. The first-order valence-corrected chi connectivity index (χ1v) is 2.82. The largest absolute Gasteiger partial charge is 0.395 e. The molecule has 0 spiro atoms. The average molecular weight is 132 g/mol. The highest BCUT2D eigenvalue weighted by Crippen LogP contribution is 1.75. The summed E-state index contributed by atoms with van der Waals surface area (Å²) in [5, 5.41) is 11.0. The van der Waals surface area contributed by atoms with Gasteiger partial charge in [-0.05, 0) is 6.92 Å². The van der Waals surface area contributed by atoms with Crippen LogP contribution >= 0.6 is 0 Å². The Morgan fingerprint density at radius 2 is 2.44 bits per heavy atom. The Balaban J connectivity index is 3.27. The van der Waals surface area contributed by atoms with Crippen LogP contribution in [0.25, 0.3) is 0 Å². The topological polar surface area (TPSA) is 75.3 Å². The highest BCUT2D eigenvalue weighted by Gasteiger charge is 2.04. The number of hydrogen-bond acceptors (Lipinski definition) is 3. The summed E-state index contributed by atoms with van der Waals surface area (Å²) >= 11 is 0. The van der Waals surface area contributed by atoms with Crippen molar-refractivity contribution in [1.82, 2.24) is 5.32 Å². The summed E-state index contributed by atoms with van der Waals surface area (Å²) in [4.78, 5) is 10.3. The van der Waals surface area contributed by atoms with Gasteiger partial charge in [-0.25, -0.2) is 0 Å². The molecule has 4 N–H and O–H groups in total. The molecule has 0 aromatic carbocycles. The Morgan fingerprint density at radius 1 is 1.89 bits per heavy atom. The highest BCUT2D eigenvalue weighted by atomic mass is 16.3. The first-order chi connectivity index (χ1) is 4.18. The van der Waals surface area contributed by atoms with E-state index < -0.39 is 5.91 Å². The van der Waals surface area contributed by atoms with E-state index in [-0.39, 0.29) is 12.6 Å². The van der Waals surface area contributed by atoms with Gasteiger partial charge < -0.3 is 16.2 Å². The smallest absolute Gasteiger partial charge is 0.234 e. The Morgan fingerprint density at radius 3 is 2.78 bits per heavy atom. The van der Waals surface area contributed by atoms with E-state index in [9.17, 15) is 4.79 Å². The Bertz CT molecular complexity index is 95.0. The molecule has 1 atom stereocenters. The zero-order valence-corrected chi connectivity index (χ0v) is 5.42. The van der Waals surface area contributed by atoms with E-state index >= 15 is 0 Å². The molecule has 4 heteroatoms. The average Bonchev–Trinajstić information content (AvgIpc) is 1.82. The minimum Gasteiger partial charge on any atom is -0.395 e. The molecule has 1 unspecified atom stereocenters. The summed E-state index contributed by atoms with van der Waals surface area (Å²) < 4.78 is 0. The maximum absolute atomic E-state index is 10.3. The molecule has 0 radical (unpaired) electrons. The lowest BCUT2D eigenvalue weighted by Gasteiger charge is -2.06. The SMILES string of the molecule is CC(NCCO)C(N)=O. The zero-order chi connectivity index (χ0) is 7.28. The summed E-state index contributed by atoms with van der Waals surface area (Å²) in [7, 11) is 0. The van der Waals surface area contributed by atoms with E-state index in [4.69, 9.17) is 10.8 Å². The van der Waals surface area contributed by atoms with Gasteiger partial charge in [-0.2, -0.15) is 0 Å². The van der Waals surface area contributed by atoms with E-state index in [0.29, 0.717) is 6.54 Å². The molecule has 4 nitrogen and oxygen atoms in total. The molecule has 0 aliphatic rings. The molecule has 0 saturated carbocycles. The minimum atomic E-state index is -0.400. The molecule has 0 aromatic rings. The van der Waals surface area contributed by atoms with Crippen LogP contribution in [0.4, 0.5) is 0 Å². The third-order valence-electron chi connectivity index (χ3n) is 0.989. The van der Waals surface area contributed by atoms with Crippen molar-refractivity contribution in [2.24, 2.45) is 5.73 Å². The summed E-state index contributed by atoms with van der Waals surface area (Å²) in [6, 6.07) is -0.350. The van der Waals surface area contributed by atoms with Crippen LogP contribution in [0.3, 0.4) is 0 Å². The van der Waals surface area contributed by atoms with Crippen molar-refractivity contribution in [3.63, 3.8) is 0 Å². The van der Waals surface area contributed by atoms with Gasteiger partial charge in [0.15, 0.2) is 0 Å². The normalized spacial score (nSPS) is 13.1. The van der Waals surface area contributed by atoms with Gasteiger partial charge >= 0.3 is 0 Å². The number of rotatable bonds is 4. The Labute approximate surface area is 54.0 Å². The van der Waals surface area contributed by atoms with E-state index in [2.05, 4.69) is 5.32 Å². The van der Waals surface area contributed by atoms with Crippen LogP contribution in [0.15, 0.2) is 0 Å². The van der Waals surface area contributed by atoms with Crippen molar-refractivity contribution in [2.45, 2.75) is 13.0 Å². The van der Waals surface area contributed by atoms with Gasteiger partial charge in [0.1, 0.15) is 0 Å². The monoisotopic (exact) mass is 132 g/mol. The van der Waals surface area contributed by atoms with Crippen LogP contribution in [0, 0.1) is 0 Å². The summed E-state index contributed by atoms with van der Waals surface area (Å²) in [5.74, 6) is -0.400. The summed E-state index contributed by atoms with van der Waals surface area (Å²) in [6.45, 7) is 2.08. The second kappa shape index (κ2) is 4.29. The number of amides is 1. The van der Waals surface area contributed by atoms with Gasteiger partial charge in [0.2, 0.25) is 5.91 Å². The lowest BCUT2D eigenvalue weighted by atomic mass is 10.3. The third-order valence-corrected chi connectivity index (χ3v) is 0.989. The molecule has 0 aliphatic carbocycles. The van der Waals surface area contributed by atoms with Gasteiger partial charge in [0.05, 0.1) is 12.6 Å². The predicted octanol–water partition coefficient (Wildman–Crippen LogP) is -1.56. The first-order valence-electron chi connectivity index (χ1n) is 2.82. The van der Waals surface area contributed by atoms with Crippen molar-refractivity contribution < 1.29 is 9.90 Å². The van der Waals surface area contributed by atoms with Gasteiger partial charge in [-0.3, -0.25) is 4.79 Å². The van der Waals surface area contributed by atoms with Gasteiger partial charge in [0.25, 0.3) is 0 Å². The van der Waals surface area contributed by atoms with E-state index in [1.165, 1.54) is 0 Å². The third kappa shape index (κ3) is 3.93. The van der Waals surface area contributed by atoms with Crippen molar-refractivity contribution in [2.75, 3.05) is 13.2 Å². The maximum atomic E-state index is 10.3. The Hall–Kier alpha value is -0.610. The van der Waals surface area contributed by atoms with E-state index in [1.807, 2.05) is 0 Å². The van der Waals surface area contributed by atoms with Gasteiger partial charge in [0, 0.05) is 6.54 Å². The predicted molar refractivity (Wildman–Crippen MR) is 33.7 cm³/mol. The fraction of sp³-hybridized carbons (Fsp3) is 0.800. The van der Waals surface area contributed by atoms with Crippen molar-refractivity contribution in [3.8, 4) is 0 Å². The number of aliphatic hydroxyl groups excluding tert-OH is 1. The van der Waals surface area contributed by atoms with E-state index in [1.54, 1.807) is 6.92 Å². The second-order valence-electron chi connectivity index (χ2n) is 1.80. The van der Waals surface area contributed by atoms with Crippen molar-refractivity contribution in [1.29, 1.82) is 0 Å². The van der Waals surface area contributed by atoms with Crippen LogP contribution in [0.1, 0.15) is 6.92 Å². The molecule has 54 valence electrons. The van der Waals surface area contributed by atoms with Gasteiger partial charge in [-0.1, -0.05) is 0 Å². The molecule has 1 amide bonds. The van der Waals surface area contributed by atoms with Crippen LogP contribution < -0.4 is 11.1 Å². The molecular formula is C5H12N2O2. The number of carbonyl (C=O) groups excluding carboxylic acids is 1. The lowest BCUT2D eigenvalue weighted by molar-refractivity contribution is -0.119. The molecule has 0 bridgehead atoms. The number of aliphatic hydroxyl groups is 1. The molecule has 0 aliphatic heterocycles. The van der Waals surface area contributed by atoms with Crippen LogP contribution in [-0.2, 0) is 4.79 Å². The fourth-order valence-electron chi connectivity index (χ4n) is 0.382. The molecule has 0 aromatic heterocycles. The molecule has 9 heavy (non-hydrogen) atoms. The number of carbonyl (C=O) groups is 1. The quantitative estimate of drug-likeness (QED) is 0.433. The second-order valence-corrected chi connectivity index (χ2v) is 1.80. The number of nitrogens with two attached hydrogens (primary N) is 1.